The van der Waals surface area contributed by atoms with Crippen LogP contribution in [0, 0.1) is 5.92 Å². The Balaban J connectivity index is 1.28. The average molecular weight is 368 g/mol. The Hall–Kier alpha value is -2.67. The Bertz CT molecular complexity index is 889. The van der Waals surface area contributed by atoms with Gasteiger partial charge in [0.25, 0.3) is 0 Å². The molecule has 1 saturated heterocycles. The lowest BCUT2D eigenvalue weighted by Gasteiger charge is -2.16. The molecule has 1 aliphatic heterocycles. The van der Waals surface area contributed by atoms with E-state index in [-0.39, 0.29) is 17.7 Å². The number of nitrogens with zero attached hydrogens (tertiary/aromatic N) is 3. The van der Waals surface area contributed by atoms with Gasteiger partial charge in [-0.15, -0.1) is 11.3 Å². The van der Waals surface area contributed by atoms with Crippen molar-refractivity contribution in [2.24, 2.45) is 5.92 Å². The van der Waals surface area contributed by atoms with E-state index in [1.54, 1.807) is 16.2 Å². The summed E-state index contributed by atoms with van der Waals surface area (Å²) < 4.78 is 1.94. The molecule has 0 bridgehead atoms. The second-order valence-corrected chi connectivity index (χ2v) is 7.39. The zero-order valence-corrected chi connectivity index (χ0v) is 15.1. The lowest BCUT2D eigenvalue weighted by Crippen LogP contribution is -2.33. The van der Waals surface area contributed by atoms with Gasteiger partial charge in [0.1, 0.15) is 0 Å². The molecular weight excluding hydrogens is 348 g/mol. The van der Waals surface area contributed by atoms with Crippen LogP contribution in [-0.2, 0) is 22.6 Å². The van der Waals surface area contributed by atoms with Gasteiger partial charge < -0.3 is 10.2 Å². The maximum atomic E-state index is 12.4. The lowest BCUT2D eigenvalue weighted by atomic mass is 10.1. The fraction of sp³-hybridized carbons (Fsp3) is 0.316. The quantitative estimate of drug-likeness (QED) is 0.725. The highest BCUT2D eigenvalue weighted by atomic mass is 32.1. The number of carbonyl (C=O) groups is 2. The molecule has 1 unspecified atom stereocenters. The number of likely N-dealkylation sites (tertiary alicyclic amines) is 1. The molecule has 0 radical (unpaired) electrons. The van der Waals surface area contributed by atoms with Gasteiger partial charge >= 0.3 is 0 Å². The van der Waals surface area contributed by atoms with Gasteiger partial charge in [-0.05, 0) is 12.0 Å². The van der Waals surface area contributed by atoms with Crippen LogP contribution in [0.3, 0.4) is 0 Å². The van der Waals surface area contributed by atoms with E-state index in [0.717, 1.165) is 17.1 Å². The van der Waals surface area contributed by atoms with Crippen LogP contribution >= 0.6 is 11.3 Å². The maximum Gasteiger partial charge on any atom is 0.225 e. The Morgan fingerprint density at radius 1 is 1.31 bits per heavy atom. The van der Waals surface area contributed by atoms with Crippen LogP contribution in [0.4, 0.5) is 0 Å². The van der Waals surface area contributed by atoms with Crippen LogP contribution < -0.4 is 5.32 Å². The van der Waals surface area contributed by atoms with Crippen molar-refractivity contribution in [3.05, 3.63) is 59.4 Å². The number of benzene rings is 1. The molecule has 1 aliphatic rings. The standard InChI is InChI=1S/C19H20N4O2S/c24-17-10-15(12-22(17)7-6-14-4-2-1-3-5-14)18(25)20-11-16-13-23-8-9-26-19(23)21-16/h1-5,8-9,13,15H,6-7,10-12H2,(H,20,25). The Morgan fingerprint density at radius 2 is 2.15 bits per heavy atom. The van der Waals surface area contributed by atoms with Crippen molar-refractivity contribution in [3.63, 3.8) is 0 Å². The molecule has 2 amide bonds. The van der Waals surface area contributed by atoms with Crippen molar-refractivity contribution in [2.45, 2.75) is 19.4 Å². The first-order valence-electron chi connectivity index (χ1n) is 8.69. The minimum absolute atomic E-state index is 0.0589. The third kappa shape index (κ3) is 3.62. The summed E-state index contributed by atoms with van der Waals surface area (Å²) in [5.41, 5.74) is 2.03. The summed E-state index contributed by atoms with van der Waals surface area (Å²) in [6, 6.07) is 10.1. The number of rotatable bonds is 6. The first-order chi connectivity index (χ1) is 12.7. The Kier molecular flexibility index (Phi) is 4.71. The highest BCUT2D eigenvalue weighted by molar-refractivity contribution is 7.15. The fourth-order valence-electron chi connectivity index (χ4n) is 3.26. The SMILES string of the molecule is O=C(NCc1cn2ccsc2n1)C1CC(=O)N(CCc2ccccc2)C1. The topological polar surface area (TPSA) is 66.7 Å². The first-order valence-corrected chi connectivity index (χ1v) is 9.57. The third-order valence-corrected chi connectivity index (χ3v) is 5.46. The molecule has 26 heavy (non-hydrogen) atoms. The van der Waals surface area contributed by atoms with Crippen LogP contribution in [0.5, 0.6) is 0 Å². The molecule has 6 nitrogen and oxygen atoms in total. The largest absolute Gasteiger partial charge is 0.350 e. The lowest BCUT2D eigenvalue weighted by molar-refractivity contribution is -0.129. The molecule has 0 spiro atoms. The minimum Gasteiger partial charge on any atom is -0.350 e. The van der Waals surface area contributed by atoms with Crippen molar-refractivity contribution in [1.29, 1.82) is 0 Å². The zero-order chi connectivity index (χ0) is 17.9. The summed E-state index contributed by atoms with van der Waals surface area (Å²) >= 11 is 1.56. The van der Waals surface area contributed by atoms with Gasteiger partial charge in [0, 0.05) is 37.3 Å². The van der Waals surface area contributed by atoms with Gasteiger partial charge in [-0.3, -0.25) is 14.0 Å². The molecule has 1 aromatic carbocycles. The van der Waals surface area contributed by atoms with Crippen LogP contribution in [-0.4, -0.2) is 39.2 Å². The van der Waals surface area contributed by atoms with Gasteiger partial charge in [0.05, 0.1) is 18.2 Å². The number of hydrogen-bond acceptors (Lipinski definition) is 4. The second-order valence-electron chi connectivity index (χ2n) is 6.52. The summed E-state index contributed by atoms with van der Waals surface area (Å²) in [5, 5.41) is 4.89. The van der Waals surface area contributed by atoms with E-state index in [1.165, 1.54) is 5.56 Å². The summed E-state index contributed by atoms with van der Waals surface area (Å²) in [7, 11) is 0. The predicted molar refractivity (Wildman–Crippen MR) is 99.7 cm³/mol. The number of nitrogens with one attached hydrogen (secondary N) is 1. The number of amides is 2. The molecule has 134 valence electrons. The predicted octanol–water partition coefficient (Wildman–Crippen LogP) is 2.10. The molecule has 4 rings (SSSR count). The number of hydrogen-bond donors (Lipinski definition) is 1. The minimum atomic E-state index is -0.276. The number of aromatic nitrogens is 2. The van der Waals surface area contributed by atoms with E-state index < -0.39 is 0 Å². The van der Waals surface area contributed by atoms with E-state index in [4.69, 9.17) is 0 Å². The van der Waals surface area contributed by atoms with Crippen LogP contribution in [0.15, 0.2) is 48.1 Å². The van der Waals surface area contributed by atoms with Crippen LogP contribution in [0.2, 0.25) is 0 Å². The first kappa shape index (κ1) is 16.8. The fourth-order valence-corrected chi connectivity index (χ4v) is 3.97. The molecule has 3 aromatic rings. The van der Waals surface area contributed by atoms with E-state index in [2.05, 4.69) is 22.4 Å². The molecule has 0 saturated carbocycles. The number of carbonyl (C=O) groups excluding carboxylic acids is 2. The molecule has 1 atom stereocenters. The third-order valence-electron chi connectivity index (χ3n) is 4.69. The Morgan fingerprint density at radius 3 is 2.96 bits per heavy atom. The number of imidazole rings is 1. The smallest absolute Gasteiger partial charge is 0.225 e. The van der Waals surface area contributed by atoms with Crippen molar-refractivity contribution >= 4 is 28.1 Å². The number of fused-ring (bicyclic) bond motifs is 1. The van der Waals surface area contributed by atoms with Gasteiger partial charge in [0.2, 0.25) is 11.8 Å². The number of thiazole rings is 1. The van der Waals surface area contributed by atoms with E-state index in [1.807, 2.05) is 40.4 Å². The van der Waals surface area contributed by atoms with Crippen molar-refractivity contribution in [3.8, 4) is 0 Å². The molecule has 2 aromatic heterocycles. The second kappa shape index (κ2) is 7.29. The highest BCUT2D eigenvalue weighted by Crippen LogP contribution is 2.19. The van der Waals surface area contributed by atoms with E-state index in [0.29, 0.717) is 26.1 Å². The highest BCUT2D eigenvalue weighted by Gasteiger charge is 2.33. The molecular formula is C19H20N4O2S. The van der Waals surface area contributed by atoms with E-state index >= 15 is 0 Å². The molecule has 0 aliphatic carbocycles. The molecule has 1 fully saturated rings. The summed E-state index contributed by atoms with van der Waals surface area (Å²) in [6.07, 6.45) is 4.96. The van der Waals surface area contributed by atoms with E-state index in [9.17, 15) is 9.59 Å². The van der Waals surface area contributed by atoms with Crippen molar-refractivity contribution in [2.75, 3.05) is 13.1 Å². The van der Waals surface area contributed by atoms with Gasteiger partial charge in [0.15, 0.2) is 4.96 Å². The summed E-state index contributed by atoms with van der Waals surface area (Å²) in [5.74, 6) is -0.289. The van der Waals surface area contributed by atoms with Gasteiger partial charge in [-0.25, -0.2) is 4.98 Å². The summed E-state index contributed by atoms with van der Waals surface area (Å²) in [6.45, 7) is 1.54. The average Bonchev–Trinajstić information content (AvgIpc) is 3.33. The monoisotopic (exact) mass is 368 g/mol. The van der Waals surface area contributed by atoms with Crippen LogP contribution in [0.1, 0.15) is 17.7 Å². The van der Waals surface area contributed by atoms with Crippen LogP contribution in [0.25, 0.3) is 4.96 Å². The maximum absolute atomic E-state index is 12.4. The molecule has 7 heteroatoms. The Labute approximate surface area is 155 Å². The molecule has 1 N–H and O–H groups in total. The van der Waals surface area contributed by atoms with Gasteiger partial charge in [-0.1, -0.05) is 30.3 Å². The zero-order valence-electron chi connectivity index (χ0n) is 14.3. The van der Waals surface area contributed by atoms with Gasteiger partial charge in [-0.2, -0.15) is 0 Å². The summed E-state index contributed by atoms with van der Waals surface area (Å²) in [4.78, 5) is 31.8. The van der Waals surface area contributed by atoms with Crippen molar-refractivity contribution < 1.29 is 9.59 Å². The molecule has 3 heterocycles. The normalized spacial score (nSPS) is 17.2. The van der Waals surface area contributed by atoms with Crippen molar-refractivity contribution in [1.82, 2.24) is 19.6 Å².